The standard InChI is InChI=1S/C18H24N4O3/c1-21(12-17-20-19-13-22(17)8-10-24-2)18(23)15-7-9-25-16-6-4-3-5-14(16)11-15/h3-6,13,15H,7-12H2,1-2H3/t15-/m1/s1. The van der Waals surface area contributed by atoms with Crippen LogP contribution in [0.25, 0.3) is 0 Å². The molecule has 0 radical (unpaired) electrons. The molecule has 1 amide bonds. The summed E-state index contributed by atoms with van der Waals surface area (Å²) in [6.45, 7) is 2.25. The first-order chi connectivity index (χ1) is 12.2. The Hall–Kier alpha value is -2.41. The zero-order chi connectivity index (χ0) is 17.6. The molecule has 1 aliphatic heterocycles. The third kappa shape index (κ3) is 4.17. The lowest BCUT2D eigenvalue weighted by Crippen LogP contribution is -2.34. The van der Waals surface area contributed by atoms with E-state index in [2.05, 4.69) is 10.2 Å². The summed E-state index contributed by atoms with van der Waals surface area (Å²) in [7, 11) is 3.47. The highest BCUT2D eigenvalue weighted by Gasteiger charge is 2.26. The van der Waals surface area contributed by atoms with E-state index < -0.39 is 0 Å². The maximum absolute atomic E-state index is 12.9. The Morgan fingerprint density at radius 2 is 2.28 bits per heavy atom. The van der Waals surface area contributed by atoms with Crippen LogP contribution in [0.15, 0.2) is 30.6 Å². The fourth-order valence-corrected chi connectivity index (χ4v) is 3.08. The van der Waals surface area contributed by atoms with Crippen molar-refractivity contribution in [2.45, 2.75) is 25.9 Å². The fourth-order valence-electron chi connectivity index (χ4n) is 3.08. The van der Waals surface area contributed by atoms with Crippen molar-refractivity contribution < 1.29 is 14.3 Å². The van der Waals surface area contributed by atoms with Crippen LogP contribution in [0.5, 0.6) is 5.75 Å². The Labute approximate surface area is 147 Å². The van der Waals surface area contributed by atoms with Crippen molar-refractivity contribution in [3.05, 3.63) is 42.0 Å². The summed E-state index contributed by atoms with van der Waals surface area (Å²) in [5.74, 6) is 1.68. The van der Waals surface area contributed by atoms with E-state index in [1.54, 1.807) is 18.3 Å². The number of hydrogen-bond acceptors (Lipinski definition) is 5. The molecule has 0 spiro atoms. The average Bonchev–Trinajstić information content (AvgIpc) is 2.94. The summed E-state index contributed by atoms with van der Waals surface area (Å²) in [6.07, 6.45) is 3.09. The lowest BCUT2D eigenvalue weighted by Gasteiger charge is -2.22. The smallest absolute Gasteiger partial charge is 0.226 e. The van der Waals surface area contributed by atoms with Gasteiger partial charge in [-0.1, -0.05) is 18.2 Å². The number of aromatic nitrogens is 3. The van der Waals surface area contributed by atoms with Crippen LogP contribution in [-0.4, -0.2) is 52.9 Å². The number of carbonyl (C=O) groups is 1. The highest BCUT2D eigenvalue weighted by molar-refractivity contribution is 5.79. The van der Waals surface area contributed by atoms with Gasteiger partial charge in [-0.25, -0.2) is 0 Å². The quantitative estimate of drug-likeness (QED) is 0.795. The van der Waals surface area contributed by atoms with E-state index in [-0.39, 0.29) is 11.8 Å². The largest absolute Gasteiger partial charge is 0.493 e. The number of carbonyl (C=O) groups excluding carboxylic acids is 1. The van der Waals surface area contributed by atoms with Crippen molar-refractivity contribution in [1.82, 2.24) is 19.7 Å². The zero-order valence-electron chi connectivity index (χ0n) is 14.7. The molecule has 0 fully saturated rings. The molecule has 0 unspecified atom stereocenters. The summed E-state index contributed by atoms with van der Waals surface area (Å²) in [4.78, 5) is 14.6. The molecule has 1 atom stereocenters. The number of benzene rings is 1. The summed E-state index contributed by atoms with van der Waals surface area (Å²) in [6, 6.07) is 7.93. The third-order valence-electron chi connectivity index (χ3n) is 4.50. The van der Waals surface area contributed by atoms with Gasteiger partial charge in [0.2, 0.25) is 5.91 Å². The third-order valence-corrected chi connectivity index (χ3v) is 4.50. The van der Waals surface area contributed by atoms with Crippen molar-refractivity contribution >= 4 is 5.91 Å². The van der Waals surface area contributed by atoms with Crippen molar-refractivity contribution in [1.29, 1.82) is 0 Å². The Bertz CT molecular complexity index is 716. The second-order valence-corrected chi connectivity index (χ2v) is 6.27. The first-order valence-electron chi connectivity index (χ1n) is 8.50. The first-order valence-corrected chi connectivity index (χ1v) is 8.50. The van der Waals surface area contributed by atoms with Gasteiger partial charge in [-0.2, -0.15) is 0 Å². The van der Waals surface area contributed by atoms with Gasteiger partial charge in [0.15, 0.2) is 5.82 Å². The molecule has 0 bridgehead atoms. The molecule has 3 rings (SSSR count). The van der Waals surface area contributed by atoms with Gasteiger partial charge >= 0.3 is 0 Å². The van der Waals surface area contributed by atoms with Gasteiger partial charge in [0, 0.05) is 26.6 Å². The molecule has 7 heteroatoms. The highest BCUT2D eigenvalue weighted by Crippen LogP contribution is 2.27. The second-order valence-electron chi connectivity index (χ2n) is 6.27. The number of amides is 1. The molecular formula is C18H24N4O3. The SMILES string of the molecule is COCCn1cnnc1CN(C)C(=O)[C@@H]1CCOc2ccccc2C1. The second kappa shape index (κ2) is 8.11. The first kappa shape index (κ1) is 17.4. The molecule has 1 aliphatic rings. The van der Waals surface area contributed by atoms with Crippen LogP contribution in [0.2, 0.25) is 0 Å². The van der Waals surface area contributed by atoms with Gasteiger partial charge < -0.3 is 18.9 Å². The number of hydrogen-bond donors (Lipinski definition) is 0. The summed E-state index contributed by atoms with van der Waals surface area (Å²) < 4.78 is 12.8. The number of fused-ring (bicyclic) bond motifs is 1. The monoisotopic (exact) mass is 344 g/mol. The molecular weight excluding hydrogens is 320 g/mol. The van der Waals surface area contributed by atoms with Crippen LogP contribution in [0.4, 0.5) is 0 Å². The number of rotatable bonds is 6. The van der Waals surface area contributed by atoms with E-state index in [4.69, 9.17) is 9.47 Å². The van der Waals surface area contributed by atoms with Gasteiger partial charge in [-0.05, 0) is 24.5 Å². The summed E-state index contributed by atoms with van der Waals surface area (Å²) in [5, 5.41) is 8.07. The molecule has 134 valence electrons. The normalized spacial score (nSPS) is 16.6. The Kier molecular flexibility index (Phi) is 5.65. The molecule has 0 N–H and O–H groups in total. The Morgan fingerprint density at radius 1 is 1.44 bits per heavy atom. The minimum atomic E-state index is -0.0796. The van der Waals surface area contributed by atoms with Gasteiger partial charge in [0.25, 0.3) is 0 Å². The van der Waals surface area contributed by atoms with Gasteiger partial charge in [0.1, 0.15) is 12.1 Å². The molecule has 2 aromatic rings. The highest BCUT2D eigenvalue weighted by atomic mass is 16.5. The van der Waals surface area contributed by atoms with E-state index in [0.29, 0.717) is 39.1 Å². The van der Waals surface area contributed by atoms with Crippen molar-refractivity contribution in [3.8, 4) is 5.75 Å². The van der Waals surface area contributed by atoms with E-state index in [0.717, 1.165) is 17.1 Å². The molecule has 1 aromatic carbocycles. The number of methoxy groups -OCH3 is 1. The molecule has 0 aliphatic carbocycles. The Morgan fingerprint density at radius 3 is 3.12 bits per heavy atom. The summed E-state index contributed by atoms with van der Waals surface area (Å²) in [5.41, 5.74) is 1.09. The molecule has 1 aromatic heterocycles. The van der Waals surface area contributed by atoms with E-state index >= 15 is 0 Å². The van der Waals surface area contributed by atoms with Crippen LogP contribution >= 0.6 is 0 Å². The van der Waals surface area contributed by atoms with Crippen molar-refractivity contribution in [2.75, 3.05) is 27.4 Å². The predicted molar refractivity (Wildman–Crippen MR) is 92.1 cm³/mol. The molecule has 25 heavy (non-hydrogen) atoms. The predicted octanol–water partition coefficient (Wildman–Crippen LogP) is 1.52. The van der Waals surface area contributed by atoms with E-state index in [1.165, 1.54) is 0 Å². The topological polar surface area (TPSA) is 69.5 Å². The van der Waals surface area contributed by atoms with Gasteiger partial charge in [-0.3, -0.25) is 4.79 Å². The number of para-hydroxylation sites is 1. The van der Waals surface area contributed by atoms with Crippen molar-refractivity contribution in [3.63, 3.8) is 0 Å². The van der Waals surface area contributed by atoms with Gasteiger partial charge in [-0.15, -0.1) is 10.2 Å². The minimum absolute atomic E-state index is 0.0796. The van der Waals surface area contributed by atoms with E-state index in [9.17, 15) is 4.79 Å². The number of ether oxygens (including phenoxy) is 2. The maximum atomic E-state index is 12.9. The molecule has 0 saturated carbocycles. The van der Waals surface area contributed by atoms with Crippen LogP contribution in [0, 0.1) is 5.92 Å². The summed E-state index contributed by atoms with van der Waals surface area (Å²) >= 11 is 0. The molecule has 2 heterocycles. The number of nitrogens with zero attached hydrogens (tertiary/aromatic N) is 4. The van der Waals surface area contributed by atoms with Crippen LogP contribution in [0.3, 0.4) is 0 Å². The minimum Gasteiger partial charge on any atom is -0.493 e. The van der Waals surface area contributed by atoms with Crippen molar-refractivity contribution in [2.24, 2.45) is 5.92 Å². The van der Waals surface area contributed by atoms with Crippen LogP contribution < -0.4 is 4.74 Å². The lowest BCUT2D eigenvalue weighted by atomic mass is 9.95. The average molecular weight is 344 g/mol. The van der Waals surface area contributed by atoms with Gasteiger partial charge in [0.05, 0.1) is 19.8 Å². The molecule has 0 saturated heterocycles. The van der Waals surface area contributed by atoms with E-state index in [1.807, 2.05) is 35.9 Å². The Balaban J connectivity index is 1.65. The lowest BCUT2D eigenvalue weighted by molar-refractivity contribution is -0.135. The maximum Gasteiger partial charge on any atom is 0.226 e. The fraction of sp³-hybridized carbons (Fsp3) is 0.500. The van der Waals surface area contributed by atoms with Crippen LogP contribution in [-0.2, 0) is 29.0 Å². The molecule has 7 nitrogen and oxygen atoms in total. The van der Waals surface area contributed by atoms with Crippen LogP contribution in [0.1, 0.15) is 17.8 Å². The zero-order valence-corrected chi connectivity index (χ0v) is 14.7.